The third kappa shape index (κ3) is 3.38. The van der Waals surface area contributed by atoms with Gasteiger partial charge in [0.25, 0.3) is 5.91 Å². The van der Waals surface area contributed by atoms with Crippen LogP contribution in [0.2, 0.25) is 0 Å². The molecule has 124 valence electrons. The molecular formula is C16H15BrN4O3. The standard InChI is InChI=1S/C16H15BrN4O3/c1-2-24-15(23)12-6-7-13-19-16(20-21(13)14(12)22)18-9-10-4-3-5-11(17)8-10/h3-6,8H,2,7,9H2,1H3,(H,18,20). The number of aromatic nitrogens is 3. The van der Waals surface area contributed by atoms with Crippen LogP contribution in [0.5, 0.6) is 0 Å². The predicted octanol–water partition coefficient (Wildman–Crippen LogP) is 2.34. The predicted molar refractivity (Wildman–Crippen MR) is 90.5 cm³/mol. The molecule has 0 fully saturated rings. The number of fused-ring (bicyclic) bond motifs is 1. The van der Waals surface area contributed by atoms with E-state index in [1.807, 2.05) is 24.3 Å². The molecule has 0 radical (unpaired) electrons. The van der Waals surface area contributed by atoms with Crippen molar-refractivity contribution in [3.63, 3.8) is 0 Å². The van der Waals surface area contributed by atoms with Crippen LogP contribution in [0.25, 0.3) is 0 Å². The van der Waals surface area contributed by atoms with E-state index in [0.717, 1.165) is 14.7 Å². The van der Waals surface area contributed by atoms with Gasteiger partial charge in [-0.3, -0.25) is 4.79 Å². The zero-order valence-corrected chi connectivity index (χ0v) is 14.5. The number of hydrogen-bond acceptors (Lipinski definition) is 6. The van der Waals surface area contributed by atoms with Crippen molar-refractivity contribution in [1.82, 2.24) is 14.8 Å². The molecule has 3 rings (SSSR count). The number of allylic oxidation sites excluding steroid dienone is 1. The highest BCUT2D eigenvalue weighted by atomic mass is 79.9. The van der Waals surface area contributed by atoms with E-state index in [9.17, 15) is 9.59 Å². The maximum absolute atomic E-state index is 12.3. The largest absolute Gasteiger partial charge is 0.462 e. The minimum atomic E-state index is -0.632. The number of rotatable bonds is 5. The molecule has 0 unspecified atom stereocenters. The maximum Gasteiger partial charge on any atom is 0.343 e. The topological polar surface area (TPSA) is 86.1 Å². The monoisotopic (exact) mass is 390 g/mol. The molecule has 0 saturated carbocycles. The number of benzene rings is 1. The highest BCUT2D eigenvalue weighted by Gasteiger charge is 2.28. The van der Waals surface area contributed by atoms with Crippen molar-refractivity contribution in [1.29, 1.82) is 0 Å². The van der Waals surface area contributed by atoms with Crippen LogP contribution in [0.4, 0.5) is 5.95 Å². The Morgan fingerprint density at radius 3 is 3.04 bits per heavy atom. The second kappa shape index (κ2) is 6.96. The Balaban J connectivity index is 1.72. The molecule has 24 heavy (non-hydrogen) atoms. The molecule has 1 aliphatic rings. The summed E-state index contributed by atoms with van der Waals surface area (Å²) in [5.74, 6) is -0.313. The maximum atomic E-state index is 12.3. The second-order valence-corrected chi connectivity index (χ2v) is 6.01. The number of esters is 1. The van der Waals surface area contributed by atoms with E-state index in [2.05, 4.69) is 31.3 Å². The zero-order chi connectivity index (χ0) is 17.1. The quantitative estimate of drug-likeness (QED) is 0.622. The average molecular weight is 391 g/mol. The van der Waals surface area contributed by atoms with Crippen LogP contribution in [0.15, 0.2) is 40.4 Å². The number of ether oxygens (including phenoxy) is 1. The van der Waals surface area contributed by atoms with Crippen molar-refractivity contribution in [2.45, 2.75) is 19.9 Å². The first kappa shape index (κ1) is 16.4. The Bertz CT molecular complexity index is 828. The summed E-state index contributed by atoms with van der Waals surface area (Å²) in [6.07, 6.45) is 1.88. The smallest absolute Gasteiger partial charge is 0.343 e. The summed E-state index contributed by atoms with van der Waals surface area (Å²) < 4.78 is 7.01. The van der Waals surface area contributed by atoms with Gasteiger partial charge in [-0.05, 0) is 24.6 Å². The van der Waals surface area contributed by atoms with Gasteiger partial charge < -0.3 is 10.1 Å². The van der Waals surface area contributed by atoms with E-state index in [1.165, 1.54) is 6.08 Å². The van der Waals surface area contributed by atoms with Gasteiger partial charge in [-0.2, -0.15) is 9.67 Å². The molecule has 0 spiro atoms. The SMILES string of the molecule is CCOC(=O)C1=CCc2nc(NCc3cccc(Br)c3)nn2C1=O. The summed E-state index contributed by atoms with van der Waals surface area (Å²) in [4.78, 5) is 28.4. The van der Waals surface area contributed by atoms with Gasteiger partial charge in [0.15, 0.2) is 0 Å². The number of halogens is 1. The van der Waals surface area contributed by atoms with E-state index < -0.39 is 11.9 Å². The Morgan fingerprint density at radius 1 is 1.46 bits per heavy atom. The van der Waals surface area contributed by atoms with Crippen LogP contribution in [0.1, 0.15) is 23.1 Å². The molecule has 8 heteroatoms. The Morgan fingerprint density at radius 2 is 2.29 bits per heavy atom. The summed E-state index contributed by atoms with van der Waals surface area (Å²) in [5.41, 5.74) is 1.04. The second-order valence-electron chi connectivity index (χ2n) is 5.09. The lowest BCUT2D eigenvalue weighted by atomic mass is 10.1. The molecule has 0 amide bonds. The van der Waals surface area contributed by atoms with Gasteiger partial charge in [0, 0.05) is 17.4 Å². The Kier molecular flexibility index (Phi) is 4.75. The van der Waals surface area contributed by atoms with Crippen molar-refractivity contribution in [3.8, 4) is 0 Å². The number of nitrogens with zero attached hydrogens (tertiary/aromatic N) is 3. The molecule has 0 aliphatic carbocycles. The van der Waals surface area contributed by atoms with Gasteiger partial charge in [-0.1, -0.05) is 34.1 Å². The zero-order valence-electron chi connectivity index (χ0n) is 13.0. The summed E-state index contributed by atoms with van der Waals surface area (Å²) in [6.45, 7) is 2.43. The van der Waals surface area contributed by atoms with Gasteiger partial charge in [0.05, 0.1) is 6.61 Å². The minimum Gasteiger partial charge on any atom is -0.462 e. The van der Waals surface area contributed by atoms with Crippen molar-refractivity contribution in [3.05, 3.63) is 51.8 Å². The number of anilines is 1. The van der Waals surface area contributed by atoms with E-state index in [1.54, 1.807) is 6.92 Å². The number of carbonyl (C=O) groups excluding carboxylic acids is 2. The Labute approximate surface area is 146 Å². The van der Waals surface area contributed by atoms with Gasteiger partial charge in [-0.25, -0.2) is 4.79 Å². The van der Waals surface area contributed by atoms with Crippen molar-refractivity contribution < 1.29 is 14.3 Å². The fourth-order valence-corrected chi connectivity index (χ4v) is 2.76. The van der Waals surface area contributed by atoms with E-state index in [4.69, 9.17) is 4.74 Å². The molecule has 1 aliphatic heterocycles. The summed E-state index contributed by atoms with van der Waals surface area (Å²) >= 11 is 3.42. The molecule has 2 aromatic rings. The highest BCUT2D eigenvalue weighted by molar-refractivity contribution is 9.10. The first-order valence-corrected chi connectivity index (χ1v) is 8.24. The van der Waals surface area contributed by atoms with Crippen LogP contribution in [0, 0.1) is 0 Å². The molecule has 2 heterocycles. The molecule has 0 saturated heterocycles. The molecule has 0 atom stereocenters. The number of carbonyl (C=O) groups is 2. The van der Waals surface area contributed by atoms with Gasteiger partial charge in [-0.15, -0.1) is 5.10 Å². The van der Waals surface area contributed by atoms with Crippen molar-refractivity contribution >= 4 is 33.8 Å². The van der Waals surface area contributed by atoms with Crippen LogP contribution in [-0.2, 0) is 22.5 Å². The first-order valence-electron chi connectivity index (χ1n) is 7.44. The van der Waals surface area contributed by atoms with Gasteiger partial charge in [0.2, 0.25) is 5.95 Å². The summed E-state index contributed by atoms with van der Waals surface area (Å²) in [5, 5.41) is 7.23. The van der Waals surface area contributed by atoms with Crippen LogP contribution < -0.4 is 5.32 Å². The van der Waals surface area contributed by atoms with E-state index >= 15 is 0 Å². The summed E-state index contributed by atoms with van der Waals surface area (Å²) in [6, 6.07) is 7.83. The van der Waals surface area contributed by atoms with Crippen LogP contribution in [-0.4, -0.2) is 33.2 Å². The van der Waals surface area contributed by atoms with Crippen LogP contribution >= 0.6 is 15.9 Å². The van der Waals surface area contributed by atoms with E-state index in [0.29, 0.717) is 24.7 Å². The minimum absolute atomic E-state index is 0.00668. The molecule has 1 N–H and O–H groups in total. The summed E-state index contributed by atoms with van der Waals surface area (Å²) in [7, 11) is 0. The van der Waals surface area contributed by atoms with Crippen molar-refractivity contribution in [2.24, 2.45) is 0 Å². The lowest BCUT2D eigenvalue weighted by Crippen LogP contribution is -2.27. The third-order valence-electron chi connectivity index (χ3n) is 3.42. The Hall–Kier alpha value is -2.48. The van der Waals surface area contributed by atoms with E-state index in [-0.39, 0.29) is 12.2 Å². The molecule has 7 nitrogen and oxygen atoms in total. The fourth-order valence-electron chi connectivity index (χ4n) is 2.32. The van der Waals surface area contributed by atoms with Crippen LogP contribution in [0.3, 0.4) is 0 Å². The average Bonchev–Trinajstić information content (AvgIpc) is 2.98. The molecular weight excluding hydrogens is 376 g/mol. The first-order chi connectivity index (χ1) is 11.6. The highest BCUT2D eigenvalue weighted by Crippen LogP contribution is 2.17. The van der Waals surface area contributed by atoms with Crippen molar-refractivity contribution in [2.75, 3.05) is 11.9 Å². The lowest BCUT2D eigenvalue weighted by molar-refractivity contribution is -0.138. The fraction of sp³-hybridized carbons (Fsp3) is 0.250. The molecule has 0 bridgehead atoms. The number of hydrogen-bond donors (Lipinski definition) is 1. The molecule has 1 aromatic carbocycles. The lowest BCUT2D eigenvalue weighted by Gasteiger charge is -2.11. The molecule has 1 aromatic heterocycles. The normalized spacial score (nSPS) is 13.2. The van der Waals surface area contributed by atoms with Gasteiger partial charge in [0.1, 0.15) is 11.4 Å². The van der Waals surface area contributed by atoms with Gasteiger partial charge >= 0.3 is 5.97 Å². The number of nitrogens with one attached hydrogen (secondary N) is 1. The third-order valence-corrected chi connectivity index (χ3v) is 3.91.